The first-order valence-corrected chi connectivity index (χ1v) is 28.9. The minimum Gasteiger partial charge on any atom is -0.756 e. The van der Waals surface area contributed by atoms with Crippen molar-refractivity contribution in [2.24, 2.45) is 0 Å². The molecular weight excluding hydrogens is 852 g/mol. The van der Waals surface area contributed by atoms with Crippen LogP contribution < -0.4 is 10.2 Å². The molecule has 0 aliphatic rings. The lowest BCUT2D eigenvalue weighted by molar-refractivity contribution is -0.870. The molecule has 9 heteroatoms. The van der Waals surface area contributed by atoms with Crippen LogP contribution in [-0.4, -0.2) is 68.5 Å². The van der Waals surface area contributed by atoms with Crippen LogP contribution in [-0.2, 0) is 18.4 Å². The van der Waals surface area contributed by atoms with E-state index in [1.54, 1.807) is 6.08 Å². The Labute approximate surface area is 414 Å². The molecule has 0 spiro atoms. The molecule has 67 heavy (non-hydrogen) atoms. The van der Waals surface area contributed by atoms with Crippen molar-refractivity contribution < 1.29 is 32.9 Å². The number of unbranched alkanes of at least 4 members (excludes halogenated alkanes) is 24. The standard InChI is InChI=1S/C58H105N2O6P/c1-6-8-10-12-14-16-18-20-22-24-25-26-27-28-29-30-31-32-33-34-35-36-38-40-42-44-46-48-50-52-58(62)59-56(55-66-67(63,64)65-54-53-60(3,4)5)57(61)51-49-47-45-43-41-39-37-23-21-19-17-15-13-11-9-7-2/h8,10,14,16,20,22,25-26,28-29,41,43,49,51,56-57,61H,6-7,9,11-13,15,17-19,21,23-24,27,30-40,42,44-48,50,52-55H2,1-5H3,(H-,59,62,63,64)/b10-8-,16-14-,22-20-,26-25-,29-28-,43-41+,51-49+. The molecule has 1 amide bonds. The summed E-state index contributed by atoms with van der Waals surface area (Å²) < 4.78 is 23.3. The molecule has 8 nitrogen and oxygen atoms in total. The first-order valence-electron chi connectivity index (χ1n) is 27.4. The Bertz CT molecular complexity index is 1360. The van der Waals surface area contributed by atoms with Crippen LogP contribution in [0.15, 0.2) is 85.1 Å². The maximum absolute atomic E-state index is 12.9. The van der Waals surface area contributed by atoms with E-state index in [1.807, 2.05) is 27.2 Å². The molecule has 0 saturated heterocycles. The highest BCUT2D eigenvalue weighted by Gasteiger charge is 2.23. The summed E-state index contributed by atoms with van der Waals surface area (Å²) in [5, 5.41) is 13.8. The highest BCUT2D eigenvalue weighted by Crippen LogP contribution is 2.38. The van der Waals surface area contributed by atoms with Crippen LogP contribution in [0.2, 0.25) is 0 Å². The second kappa shape index (κ2) is 48.7. The highest BCUT2D eigenvalue weighted by molar-refractivity contribution is 7.45. The number of hydrogen-bond donors (Lipinski definition) is 2. The molecule has 0 aromatic carbocycles. The van der Waals surface area contributed by atoms with E-state index in [0.29, 0.717) is 17.4 Å². The van der Waals surface area contributed by atoms with Gasteiger partial charge >= 0.3 is 0 Å². The quantitative estimate of drug-likeness (QED) is 0.0272. The van der Waals surface area contributed by atoms with Gasteiger partial charge in [0.1, 0.15) is 13.2 Å². The lowest BCUT2D eigenvalue weighted by Crippen LogP contribution is -2.45. The fourth-order valence-corrected chi connectivity index (χ4v) is 8.27. The van der Waals surface area contributed by atoms with Crippen molar-refractivity contribution in [3.05, 3.63) is 85.1 Å². The zero-order valence-corrected chi connectivity index (χ0v) is 45.0. The summed E-state index contributed by atoms with van der Waals surface area (Å²) in [4.78, 5) is 25.4. The summed E-state index contributed by atoms with van der Waals surface area (Å²) in [5.41, 5.74) is 0. The highest BCUT2D eigenvalue weighted by atomic mass is 31.2. The van der Waals surface area contributed by atoms with Crippen LogP contribution in [0.25, 0.3) is 0 Å². The van der Waals surface area contributed by atoms with Crippen molar-refractivity contribution in [1.29, 1.82) is 0 Å². The molecule has 0 aromatic rings. The van der Waals surface area contributed by atoms with Crippen LogP contribution in [0.1, 0.15) is 226 Å². The van der Waals surface area contributed by atoms with E-state index in [9.17, 15) is 19.4 Å². The topological polar surface area (TPSA) is 108 Å². The first kappa shape index (κ1) is 64.7. The Morgan fingerprint density at radius 3 is 1.39 bits per heavy atom. The smallest absolute Gasteiger partial charge is 0.268 e. The number of aliphatic hydroxyl groups excluding tert-OH is 1. The van der Waals surface area contributed by atoms with Crippen molar-refractivity contribution >= 4 is 13.7 Å². The summed E-state index contributed by atoms with van der Waals surface area (Å²) >= 11 is 0. The minimum absolute atomic E-state index is 0.00954. The van der Waals surface area contributed by atoms with Gasteiger partial charge in [0.05, 0.1) is 39.9 Å². The second-order valence-electron chi connectivity index (χ2n) is 19.5. The van der Waals surface area contributed by atoms with Gasteiger partial charge in [-0.25, -0.2) is 0 Å². The van der Waals surface area contributed by atoms with Crippen LogP contribution in [0.5, 0.6) is 0 Å². The number of aliphatic hydroxyl groups is 1. The lowest BCUT2D eigenvalue weighted by Gasteiger charge is -2.29. The number of phosphoric ester groups is 1. The number of quaternary nitrogens is 1. The average molecular weight is 957 g/mol. The average Bonchev–Trinajstić information content (AvgIpc) is 3.29. The lowest BCUT2D eigenvalue weighted by atomic mass is 10.0. The Kier molecular flexibility index (Phi) is 47.0. The van der Waals surface area contributed by atoms with Gasteiger partial charge < -0.3 is 28.8 Å². The van der Waals surface area contributed by atoms with E-state index in [0.717, 1.165) is 70.6 Å². The van der Waals surface area contributed by atoms with Gasteiger partial charge in [-0.3, -0.25) is 9.36 Å². The molecule has 0 aliphatic heterocycles. The van der Waals surface area contributed by atoms with Gasteiger partial charge in [-0.2, -0.15) is 0 Å². The van der Waals surface area contributed by atoms with Gasteiger partial charge in [-0.15, -0.1) is 0 Å². The number of rotatable bonds is 49. The molecule has 0 heterocycles. The van der Waals surface area contributed by atoms with E-state index >= 15 is 0 Å². The molecule has 0 saturated carbocycles. The van der Waals surface area contributed by atoms with Crippen molar-refractivity contribution in [3.8, 4) is 0 Å². The van der Waals surface area contributed by atoms with Gasteiger partial charge in [-0.1, -0.05) is 227 Å². The molecule has 0 bridgehead atoms. The van der Waals surface area contributed by atoms with Gasteiger partial charge in [0.15, 0.2) is 0 Å². The third-order valence-electron chi connectivity index (χ3n) is 11.8. The number of nitrogens with zero attached hydrogens (tertiary/aromatic N) is 1. The summed E-state index contributed by atoms with van der Waals surface area (Å²) in [6.07, 6.45) is 67.9. The van der Waals surface area contributed by atoms with Crippen molar-refractivity contribution in [2.75, 3.05) is 40.9 Å². The predicted octanol–water partition coefficient (Wildman–Crippen LogP) is 15.8. The number of amides is 1. The number of allylic oxidation sites excluding steroid dienone is 13. The zero-order chi connectivity index (χ0) is 49.2. The Hall–Kier alpha value is -2.32. The number of carbonyl (C=O) groups is 1. The van der Waals surface area contributed by atoms with Gasteiger partial charge in [0.25, 0.3) is 7.82 Å². The summed E-state index contributed by atoms with van der Waals surface area (Å²) in [6, 6.07) is -0.908. The Morgan fingerprint density at radius 2 is 0.925 bits per heavy atom. The third-order valence-corrected chi connectivity index (χ3v) is 12.8. The minimum atomic E-state index is -4.61. The van der Waals surface area contributed by atoms with Crippen molar-refractivity contribution in [3.63, 3.8) is 0 Å². The van der Waals surface area contributed by atoms with Gasteiger partial charge in [0.2, 0.25) is 5.91 Å². The Morgan fingerprint density at radius 1 is 0.537 bits per heavy atom. The number of nitrogens with one attached hydrogen (secondary N) is 1. The molecule has 3 atom stereocenters. The van der Waals surface area contributed by atoms with E-state index in [4.69, 9.17) is 9.05 Å². The molecule has 388 valence electrons. The SMILES string of the molecule is CC/C=C\C/C=C\C/C=C\C/C=C\C/C=C\CCCCCCCCCCCCCCCC(=O)NC(COP(=O)([O-])OCC[N+](C)(C)C)C(O)/C=C/CC/C=C/CCCCCCCCCCCC. The van der Waals surface area contributed by atoms with Crippen LogP contribution >= 0.6 is 7.82 Å². The molecule has 0 radical (unpaired) electrons. The number of carbonyl (C=O) groups excluding carboxylic acids is 1. The van der Waals surface area contributed by atoms with Gasteiger partial charge in [0, 0.05) is 6.42 Å². The van der Waals surface area contributed by atoms with Crippen LogP contribution in [0.4, 0.5) is 0 Å². The first-order chi connectivity index (χ1) is 32.5. The number of hydrogen-bond acceptors (Lipinski definition) is 6. The summed E-state index contributed by atoms with van der Waals surface area (Å²) in [7, 11) is 1.24. The van der Waals surface area contributed by atoms with Crippen molar-refractivity contribution in [1.82, 2.24) is 5.32 Å². The normalized spacial score (nSPS) is 14.7. The molecule has 0 aliphatic carbocycles. The van der Waals surface area contributed by atoms with E-state index in [2.05, 4.69) is 92.1 Å². The predicted molar refractivity (Wildman–Crippen MR) is 288 cm³/mol. The molecule has 2 N–H and O–H groups in total. The molecule has 0 fully saturated rings. The van der Waals surface area contributed by atoms with E-state index in [-0.39, 0.29) is 12.5 Å². The monoisotopic (exact) mass is 957 g/mol. The fourth-order valence-electron chi connectivity index (χ4n) is 7.55. The van der Waals surface area contributed by atoms with Crippen molar-refractivity contribution in [2.45, 2.75) is 238 Å². The fraction of sp³-hybridized carbons (Fsp3) is 0.741. The second-order valence-corrected chi connectivity index (χ2v) is 21.0. The van der Waals surface area contributed by atoms with E-state index in [1.165, 1.54) is 135 Å². The molecule has 0 aromatic heterocycles. The van der Waals surface area contributed by atoms with Gasteiger partial charge in [-0.05, 0) is 77.0 Å². The summed E-state index contributed by atoms with van der Waals surface area (Å²) in [6.45, 7) is 4.51. The Balaban J connectivity index is 4.22. The molecule has 3 unspecified atom stereocenters. The largest absolute Gasteiger partial charge is 0.756 e. The number of phosphoric acid groups is 1. The maximum atomic E-state index is 12.9. The third kappa shape index (κ3) is 51.4. The maximum Gasteiger partial charge on any atom is 0.268 e. The van der Waals surface area contributed by atoms with Crippen LogP contribution in [0, 0.1) is 0 Å². The molecule has 0 rings (SSSR count). The van der Waals surface area contributed by atoms with Crippen LogP contribution in [0.3, 0.4) is 0 Å². The zero-order valence-electron chi connectivity index (χ0n) is 44.1. The van der Waals surface area contributed by atoms with E-state index < -0.39 is 26.6 Å². The number of likely N-dealkylation sites (N-methyl/N-ethyl adjacent to an activating group) is 1. The summed E-state index contributed by atoms with van der Waals surface area (Å²) in [5.74, 6) is -0.211. The molecular formula is C58H105N2O6P.